The lowest BCUT2D eigenvalue weighted by Gasteiger charge is -2.43. The van der Waals surface area contributed by atoms with Crippen LogP contribution in [0, 0.1) is 23.0 Å². The Kier molecular flexibility index (Phi) is 5.64. The normalized spacial score (nSPS) is 26.6. The predicted octanol–water partition coefficient (Wildman–Crippen LogP) is 3.62. The molecule has 2 aliphatic rings. The number of nitrogens with zero attached hydrogens (tertiary/aromatic N) is 2. The molecule has 2 fully saturated rings. The number of rotatable bonds is 4. The number of halogens is 2. The Labute approximate surface area is 175 Å². The molecule has 1 heterocycles. The molecule has 1 aromatic rings. The van der Waals surface area contributed by atoms with Crippen molar-refractivity contribution in [3.05, 3.63) is 35.4 Å². The van der Waals surface area contributed by atoms with Gasteiger partial charge in [0.25, 0.3) is 5.91 Å². The van der Waals surface area contributed by atoms with Crippen LogP contribution < -0.4 is 5.32 Å². The van der Waals surface area contributed by atoms with Gasteiger partial charge in [-0.3, -0.25) is 14.5 Å². The summed E-state index contributed by atoms with van der Waals surface area (Å²) in [5, 5.41) is 2.85. The molecular weight excluding hydrogens is 392 g/mol. The number of benzene rings is 1. The minimum atomic E-state index is -0.995. The molecule has 1 N–H and O–H groups in total. The second-order valence-electron chi connectivity index (χ2n) is 9.61. The zero-order chi connectivity index (χ0) is 22.4. The van der Waals surface area contributed by atoms with Crippen molar-refractivity contribution in [3.8, 4) is 0 Å². The highest BCUT2D eigenvalue weighted by Gasteiger charge is 2.56. The Morgan fingerprint density at radius 1 is 1.27 bits per heavy atom. The number of nitrogens with one attached hydrogen (secondary N) is 1. The molecule has 1 aliphatic carbocycles. The van der Waals surface area contributed by atoms with Gasteiger partial charge >= 0.3 is 6.03 Å². The molecule has 164 valence electrons. The van der Waals surface area contributed by atoms with Crippen LogP contribution in [0.1, 0.15) is 58.6 Å². The van der Waals surface area contributed by atoms with Crippen LogP contribution in [0.2, 0.25) is 0 Å². The summed E-state index contributed by atoms with van der Waals surface area (Å²) in [5.41, 5.74) is -0.650. The average Bonchev–Trinajstić information content (AvgIpc) is 2.84. The van der Waals surface area contributed by atoms with Crippen LogP contribution >= 0.6 is 0 Å². The van der Waals surface area contributed by atoms with Gasteiger partial charge in [-0.1, -0.05) is 26.8 Å². The maximum absolute atomic E-state index is 13.5. The molecule has 4 amide bonds. The molecule has 3 atom stereocenters. The van der Waals surface area contributed by atoms with Gasteiger partial charge in [0.15, 0.2) is 11.6 Å². The Hall–Kier alpha value is -2.51. The first-order valence-corrected chi connectivity index (χ1v) is 10.2. The Bertz CT molecular complexity index is 888. The number of amides is 4. The van der Waals surface area contributed by atoms with Crippen molar-refractivity contribution in [1.29, 1.82) is 0 Å². The summed E-state index contributed by atoms with van der Waals surface area (Å²) < 4.78 is 26.7. The molecule has 1 aliphatic heterocycles. The minimum Gasteiger partial charge on any atom is -0.337 e. The summed E-state index contributed by atoms with van der Waals surface area (Å²) in [4.78, 5) is 40.9. The minimum absolute atomic E-state index is 0.0986. The number of likely N-dealkylation sites (N-methyl/N-ethyl adjacent to an activating group) is 1. The van der Waals surface area contributed by atoms with Gasteiger partial charge in [-0.2, -0.15) is 0 Å². The first kappa shape index (κ1) is 22.2. The van der Waals surface area contributed by atoms with E-state index in [0.717, 1.165) is 23.5 Å². The summed E-state index contributed by atoms with van der Waals surface area (Å²) >= 11 is 0. The van der Waals surface area contributed by atoms with Crippen LogP contribution in [0.15, 0.2) is 18.2 Å². The lowest BCUT2D eigenvalue weighted by Crippen LogP contribution is -2.54. The molecule has 0 radical (unpaired) electrons. The Morgan fingerprint density at radius 2 is 1.93 bits per heavy atom. The molecule has 1 aromatic carbocycles. The monoisotopic (exact) mass is 421 g/mol. The zero-order valence-electron chi connectivity index (χ0n) is 18.1. The van der Waals surface area contributed by atoms with Crippen molar-refractivity contribution >= 4 is 17.8 Å². The maximum Gasteiger partial charge on any atom is 0.325 e. The molecular formula is C22H29F2N3O3. The third kappa shape index (κ3) is 4.04. The first-order chi connectivity index (χ1) is 13.8. The highest BCUT2D eigenvalue weighted by Crippen LogP contribution is 2.46. The van der Waals surface area contributed by atoms with Crippen LogP contribution in [0.5, 0.6) is 0 Å². The van der Waals surface area contributed by atoms with Gasteiger partial charge < -0.3 is 10.2 Å². The third-order valence-corrected chi connectivity index (χ3v) is 6.32. The highest BCUT2D eigenvalue weighted by atomic mass is 19.2. The second-order valence-corrected chi connectivity index (χ2v) is 9.61. The van der Waals surface area contributed by atoms with Crippen molar-refractivity contribution < 1.29 is 23.2 Å². The van der Waals surface area contributed by atoms with Gasteiger partial charge in [0.1, 0.15) is 12.1 Å². The summed E-state index contributed by atoms with van der Waals surface area (Å²) in [6.07, 6.45) is 2.04. The van der Waals surface area contributed by atoms with Gasteiger partial charge in [0.05, 0.1) is 6.04 Å². The zero-order valence-corrected chi connectivity index (χ0v) is 18.1. The fourth-order valence-corrected chi connectivity index (χ4v) is 5.11. The molecule has 1 saturated carbocycles. The average molecular weight is 421 g/mol. The van der Waals surface area contributed by atoms with Crippen LogP contribution in [0.3, 0.4) is 0 Å². The van der Waals surface area contributed by atoms with Crippen LogP contribution in [-0.4, -0.2) is 46.8 Å². The molecule has 1 saturated heterocycles. The van der Waals surface area contributed by atoms with E-state index in [9.17, 15) is 23.2 Å². The van der Waals surface area contributed by atoms with Crippen molar-refractivity contribution in [2.45, 2.75) is 58.5 Å². The fourth-order valence-electron chi connectivity index (χ4n) is 5.11. The van der Waals surface area contributed by atoms with E-state index in [0.29, 0.717) is 18.4 Å². The van der Waals surface area contributed by atoms with Gasteiger partial charge in [-0.05, 0) is 55.2 Å². The quantitative estimate of drug-likeness (QED) is 0.755. The van der Waals surface area contributed by atoms with Gasteiger partial charge in [0.2, 0.25) is 5.91 Å². The molecule has 3 unspecified atom stereocenters. The fraction of sp³-hybridized carbons (Fsp3) is 0.591. The summed E-state index contributed by atoms with van der Waals surface area (Å²) in [7, 11) is 1.51. The first-order valence-electron chi connectivity index (χ1n) is 10.2. The molecule has 1 spiro atoms. The SMILES string of the molecule is CC1CC(C)(C)CC2(C1)NC(=O)N(CC(=O)N(C)C(C)c1ccc(F)c(F)c1)C2=O. The molecule has 0 aromatic heterocycles. The maximum atomic E-state index is 13.5. The van der Waals surface area contributed by atoms with Crippen LogP contribution in [0.25, 0.3) is 0 Å². The largest absolute Gasteiger partial charge is 0.337 e. The van der Waals surface area contributed by atoms with Crippen LogP contribution in [-0.2, 0) is 9.59 Å². The number of carbonyl (C=O) groups is 3. The van der Waals surface area contributed by atoms with E-state index in [1.165, 1.54) is 18.0 Å². The summed E-state index contributed by atoms with van der Waals surface area (Å²) in [5.74, 6) is -2.52. The topological polar surface area (TPSA) is 69.7 Å². The summed E-state index contributed by atoms with van der Waals surface area (Å²) in [6.45, 7) is 7.49. The van der Waals surface area contributed by atoms with E-state index in [-0.39, 0.29) is 17.2 Å². The predicted molar refractivity (Wildman–Crippen MR) is 107 cm³/mol. The lowest BCUT2D eigenvalue weighted by atomic mass is 9.64. The second kappa shape index (κ2) is 7.63. The smallest absolute Gasteiger partial charge is 0.325 e. The molecule has 30 heavy (non-hydrogen) atoms. The van der Waals surface area contributed by atoms with E-state index >= 15 is 0 Å². The number of hydrogen-bond acceptors (Lipinski definition) is 3. The van der Waals surface area contributed by atoms with Gasteiger partial charge in [-0.15, -0.1) is 0 Å². The number of imide groups is 1. The Balaban J connectivity index is 1.73. The molecule has 8 heteroatoms. The highest BCUT2D eigenvalue weighted by molar-refractivity contribution is 6.09. The molecule has 0 bridgehead atoms. The van der Waals surface area contributed by atoms with Crippen molar-refractivity contribution in [2.75, 3.05) is 13.6 Å². The van der Waals surface area contributed by atoms with Crippen molar-refractivity contribution in [2.24, 2.45) is 11.3 Å². The molecule has 3 rings (SSSR count). The van der Waals surface area contributed by atoms with Crippen LogP contribution in [0.4, 0.5) is 13.6 Å². The Morgan fingerprint density at radius 3 is 2.53 bits per heavy atom. The van der Waals surface area contributed by atoms with E-state index < -0.39 is 41.7 Å². The third-order valence-electron chi connectivity index (χ3n) is 6.32. The molecule has 6 nitrogen and oxygen atoms in total. The van der Waals surface area contributed by atoms with Crippen molar-refractivity contribution in [1.82, 2.24) is 15.1 Å². The van der Waals surface area contributed by atoms with Gasteiger partial charge in [0, 0.05) is 7.05 Å². The van der Waals surface area contributed by atoms with E-state index in [1.54, 1.807) is 6.92 Å². The van der Waals surface area contributed by atoms with E-state index in [4.69, 9.17) is 0 Å². The number of urea groups is 1. The number of carbonyl (C=O) groups excluding carboxylic acids is 3. The lowest BCUT2D eigenvalue weighted by molar-refractivity contribution is -0.141. The number of hydrogen-bond donors (Lipinski definition) is 1. The van der Waals surface area contributed by atoms with E-state index in [1.807, 2.05) is 0 Å². The summed E-state index contributed by atoms with van der Waals surface area (Å²) in [6, 6.07) is 2.33. The standard InChI is InChI=1S/C22H29F2N3O3/c1-13-9-21(3,4)12-22(10-13)19(29)27(20(30)25-22)11-18(28)26(5)14(2)15-6-7-16(23)17(24)8-15/h6-8,13-14H,9-12H2,1-5H3,(H,25,30). The van der Waals surface area contributed by atoms with Crippen molar-refractivity contribution in [3.63, 3.8) is 0 Å². The van der Waals surface area contributed by atoms with Gasteiger partial charge in [-0.25, -0.2) is 13.6 Å². The van der Waals surface area contributed by atoms with E-state index in [2.05, 4.69) is 26.1 Å².